The second-order valence-electron chi connectivity index (χ2n) is 6.59. The molecule has 136 valence electrons. The zero-order valence-electron chi connectivity index (χ0n) is 14.8. The van der Waals surface area contributed by atoms with Crippen LogP contribution in [0.2, 0.25) is 0 Å². The van der Waals surface area contributed by atoms with Gasteiger partial charge < -0.3 is 15.4 Å². The van der Waals surface area contributed by atoms with Gasteiger partial charge in [0.2, 0.25) is 5.91 Å². The fraction of sp³-hybridized carbons (Fsp3) is 0.182. The number of amides is 1. The molecule has 2 atom stereocenters. The van der Waals surface area contributed by atoms with E-state index in [4.69, 9.17) is 4.74 Å². The topological polar surface area (TPSA) is 63.2 Å². The van der Waals surface area contributed by atoms with Gasteiger partial charge in [-0.3, -0.25) is 9.78 Å². The van der Waals surface area contributed by atoms with Gasteiger partial charge in [-0.15, -0.1) is 0 Å². The molecular weight excluding hydrogens is 338 g/mol. The third kappa shape index (κ3) is 4.15. The van der Waals surface area contributed by atoms with Gasteiger partial charge in [-0.25, -0.2) is 0 Å². The van der Waals surface area contributed by atoms with E-state index in [1.165, 1.54) is 5.56 Å². The van der Waals surface area contributed by atoms with E-state index in [0.29, 0.717) is 18.0 Å². The summed E-state index contributed by atoms with van der Waals surface area (Å²) in [6.45, 7) is 1.51. The number of ether oxygens (including phenoxy) is 1. The molecule has 1 aliphatic rings. The molecule has 2 heterocycles. The molecule has 2 aromatic carbocycles. The number of pyridine rings is 1. The van der Waals surface area contributed by atoms with Gasteiger partial charge in [0, 0.05) is 30.9 Å². The van der Waals surface area contributed by atoms with Crippen LogP contribution < -0.4 is 15.4 Å². The molecule has 0 spiro atoms. The molecule has 0 saturated carbocycles. The standard InChI is InChI=1S/C22H21N3O2/c26-22(21-15-24-14-20(21)16-5-2-1-3-6-16)25-17-8-10-18(11-9-17)27-19-7-4-12-23-13-19/h1-13,20-21,24H,14-15H2,(H,25,26)/t20-,21+/m1/s1. The van der Waals surface area contributed by atoms with Crippen LogP contribution in [-0.2, 0) is 4.79 Å². The molecule has 0 radical (unpaired) electrons. The summed E-state index contributed by atoms with van der Waals surface area (Å²) in [5, 5.41) is 6.37. The fourth-order valence-electron chi connectivity index (χ4n) is 3.39. The first-order valence-corrected chi connectivity index (χ1v) is 9.04. The number of nitrogens with zero attached hydrogens (tertiary/aromatic N) is 1. The van der Waals surface area contributed by atoms with Crippen LogP contribution in [0.15, 0.2) is 79.1 Å². The quantitative estimate of drug-likeness (QED) is 0.727. The van der Waals surface area contributed by atoms with Crippen molar-refractivity contribution in [2.75, 3.05) is 18.4 Å². The average Bonchev–Trinajstić information content (AvgIpc) is 3.21. The van der Waals surface area contributed by atoms with Crippen molar-refractivity contribution in [3.8, 4) is 11.5 Å². The molecule has 2 N–H and O–H groups in total. The molecule has 1 fully saturated rings. The van der Waals surface area contributed by atoms with Crippen LogP contribution in [0.25, 0.3) is 0 Å². The van der Waals surface area contributed by atoms with Crippen LogP contribution in [0, 0.1) is 5.92 Å². The molecule has 0 unspecified atom stereocenters. The SMILES string of the molecule is O=C(Nc1ccc(Oc2cccnc2)cc1)[C@H]1CNC[C@@H]1c1ccccc1. The predicted octanol–water partition coefficient (Wildman–Crippen LogP) is 3.82. The van der Waals surface area contributed by atoms with Gasteiger partial charge in [0.05, 0.1) is 12.1 Å². The molecule has 3 aromatic rings. The van der Waals surface area contributed by atoms with Crippen LogP contribution in [0.1, 0.15) is 11.5 Å². The number of carbonyl (C=O) groups is 1. The molecule has 5 heteroatoms. The number of carbonyl (C=O) groups excluding carboxylic acids is 1. The largest absolute Gasteiger partial charge is 0.456 e. The zero-order chi connectivity index (χ0) is 18.5. The highest BCUT2D eigenvalue weighted by atomic mass is 16.5. The summed E-state index contributed by atoms with van der Waals surface area (Å²) in [4.78, 5) is 16.8. The van der Waals surface area contributed by atoms with Gasteiger partial charge in [0.1, 0.15) is 11.5 Å². The minimum atomic E-state index is -0.0845. The maximum atomic E-state index is 12.8. The maximum Gasteiger partial charge on any atom is 0.229 e. The van der Waals surface area contributed by atoms with Crippen molar-refractivity contribution in [2.24, 2.45) is 5.92 Å². The summed E-state index contributed by atoms with van der Waals surface area (Å²) >= 11 is 0. The molecule has 27 heavy (non-hydrogen) atoms. The van der Waals surface area contributed by atoms with Crippen molar-refractivity contribution in [1.82, 2.24) is 10.3 Å². The molecular formula is C22H21N3O2. The molecule has 0 aliphatic carbocycles. The highest BCUT2D eigenvalue weighted by Gasteiger charge is 2.33. The normalized spacial score (nSPS) is 18.8. The summed E-state index contributed by atoms with van der Waals surface area (Å²) in [6.07, 6.45) is 3.36. The van der Waals surface area contributed by atoms with Gasteiger partial charge in [-0.05, 0) is 42.0 Å². The summed E-state index contributed by atoms with van der Waals surface area (Å²) in [5.74, 6) is 1.52. The molecule has 1 aromatic heterocycles. The Morgan fingerprint density at radius 2 is 1.78 bits per heavy atom. The van der Waals surface area contributed by atoms with Crippen molar-refractivity contribution in [3.63, 3.8) is 0 Å². The van der Waals surface area contributed by atoms with Gasteiger partial charge in [-0.2, -0.15) is 0 Å². The van der Waals surface area contributed by atoms with Crippen molar-refractivity contribution < 1.29 is 9.53 Å². The number of hydrogen-bond acceptors (Lipinski definition) is 4. The molecule has 0 bridgehead atoms. The first-order valence-electron chi connectivity index (χ1n) is 9.04. The van der Waals surface area contributed by atoms with E-state index in [2.05, 4.69) is 27.8 Å². The molecule has 4 rings (SSSR count). The third-order valence-electron chi connectivity index (χ3n) is 4.77. The molecule has 1 amide bonds. The monoisotopic (exact) mass is 359 g/mol. The van der Waals surface area contributed by atoms with E-state index in [-0.39, 0.29) is 17.7 Å². The predicted molar refractivity (Wildman–Crippen MR) is 105 cm³/mol. The Morgan fingerprint density at radius 3 is 2.52 bits per heavy atom. The molecule has 1 saturated heterocycles. The lowest BCUT2D eigenvalue weighted by Gasteiger charge is -2.18. The summed E-state index contributed by atoms with van der Waals surface area (Å²) in [5.41, 5.74) is 1.96. The van der Waals surface area contributed by atoms with E-state index in [9.17, 15) is 4.79 Å². The number of anilines is 1. The highest BCUT2D eigenvalue weighted by Crippen LogP contribution is 2.29. The highest BCUT2D eigenvalue weighted by molar-refractivity contribution is 5.93. The summed E-state index contributed by atoms with van der Waals surface area (Å²) in [7, 11) is 0. The van der Waals surface area contributed by atoms with Gasteiger partial charge in [0.15, 0.2) is 0 Å². The first-order chi connectivity index (χ1) is 13.3. The Balaban J connectivity index is 1.40. The number of nitrogens with one attached hydrogen (secondary N) is 2. The van der Waals surface area contributed by atoms with Crippen molar-refractivity contribution in [3.05, 3.63) is 84.7 Å². The first kappa shape index (κ1) is 17.2. The Labute approximate surface area is 158 Å². The Morgan fingerprint density at radius 1 is 0.963 bits per heavy atom. The number of aromatic nitrogens is 1. The number of hydrogen-bond donors (Lipinski definition) is 2. The minimum Gasteiger partial charge on any atom is -0.456 e. The zero-order valence-corrected chi connectivity index (χ0v) is 14.8. The van der Waals surface area contributed by atoms with Crippen LogP contribution in [0.3, 0.4) is 0 Å². The Hall–Kier alpha value is -3.18. The Kier molecular flexibility index (Phi) is 5.12. The Bertz CT molecular complexity index is 882. The lowest BCUT2D eigenvalue weighted by molar-refractivity contribution is -0.119. The van der Waals surface area contributed by atoms with Crippen LogP contribution >= 0.6 is 0 Å². The van der Waals surface area contributed by atoms with E-state index in [1.54, 1.807) is 12.4 Å². The van der Waals surface area contributed by atoms with Crippen molar-refractivity contribution in [1.29, 1.82) is 0 Å². The van der Waals surface area contributed by atoms with Gasteiger partial charge in [0.25, 0.3) is 0 Å². The maximum absolute atomic E-state index is 12.8. The number of rotatable bonds is 5. The van der Waals surface area contributed by atoms with E-state index < -0.39 is 0 Å². The van der Waals surface area contributed by atoms with Crippen molar-refractivity contribution in [2.45, 2.75) is 5.92 Å². The molecule has 5 nitrogen and oxygen atoms in total. The minimum absolute atomic E-state index is 0.0368. The van der Waals surface area contributed by atoms with Crippen molar-refractivity contribution >= 4 is 11.6 Å². The van der Waals surface area contributed by atoms with Crippen LogP contribution in [0.4, 0.5) is 5.69 Å². The van der Waals surface area contributed by atoms with E-state index >= 15 is 0 Å². The molecule has 1 aliphatic heterocycles. The second kappa shape index (κ2) is 8.01. The van der Waals surface area contributed by atoms with Crippen LogP contribution in [0.5, 0.6) is 11.5 Å². The second-order valence-corrected chi connectivity index (χ2v) is 6.59. The van der Waals surface area contributed by atoms with Gasteiger partial charge >= 0.3 is 0 Å². The van der Waals surface area contributed by atoms with E-state index in [0.717, 1.165) is 12.2 Å². The average molecular weight is 359 g/mol. The smallest absolute Gasteiger partial charge is 0.229 e. The third-order valence-corrected chi connectivity index (χ3v) is 4.77. The number of benzene rings is 2. The van der Waals surface area contributed by atoms with E-state index in [1.807, 2.05) is 54.6 Å². The fourth-order valence-corrected chi connectivity index (χ4v) is 3.39. The lowest BCUT2D eigenvalue weighted by Crippen LogP contribution is -2.28. The summed E-state index contributed by atoms with van der Waals surface area (Å²) < 4.78 is 5.73. The van der Waals surface area contributed by atoms with Crippen LogP contribution in [-0.4, -0.2) is 24.0 Å². The lowest BCUT2D eigenvalue weighted by atomic mass is 9.88. The van der Waals surface area contributed by atoms with Gasteiger partial charge in [-0.1, -0.05) is 30.3 Å². The summed E-state index contributed by atoms with van der Waals surface area (Å²) in [6, 6.07) is 21.2.